The summed E-state index contributed by atoms with van der Waals surface area (Å²) < 4.78 is 17.1. The van der Waals surface area contributed by atoms with Crippen molar-refractivity contribution in [3.8, 4) is 10.6 Å². The maximum absolute atomic E-state index is 14.2. The number of hydrogen-bond acceptors (Lipinski definition) is 7. The van der Waals surface area contributed by atoms with E-state index in [0.29, 0.717) is 25.7 Å². The largest absolute Gasteiger partial charge is 0.353 e. The summed E-state index contributed by atoms with van der Waals surface area (Å²) in [5, 5.41) is 4.19. The number of aromatic nitrogens is 4. The quantitative estimate of drug-likeness (QED) is 0.280. The number of carbonyl (C=O) groups excluding carboxylic acids is 1. The second kappa shape index (κ2) is 14.0. The molecular weight excluding hydrogens is 586 g/mol. The average Bonchev–Trinajstić information content (AvgIpc) is 3.40. The molecule has 3 aromatic heterocycles. The molecule has 0 spiro atoms. The summed E-state index contributed by atoms with van der Waals surface area (Å²) in [5.74, 6) is 1.18. The van der Waals surface area contributed by atoms with Gasteiger partial charge in [0.05, 0.1) is 23.7 Å². The zero-order valence-corrected chi connectivity index (χ0v) is 26.5. The van der Waals surface area contributed by atoms with Gasteiger partial charge in [-0.1, -0.05) is 44.2 Å². The number of thioether (sulfide) groups is 1. The van der Waals surface area contributed by atoms with Crippen molar-refractivity contribution in [2.45, 2.75) is 83.8 Å². The molecule has 1 aromatic carbocycles. The summed E-state index contributed by atoms with van der Waals surface area (Å²) in [4.78, 5) is 50.2. The van der Waals surface area contributed by atoms with Gasteiger partial charge in [-0.05, 0) is 63.0 Å². The lowest BCUT2D eigenvalue weighted by molar-refractivity contribution is -0.121. The van der Waals surface area contributed by atoms with Gasteiger partial charge >= 0.3 is 5.69 Å². The molecule has 43 heavy (non-hydrogen) atoms. The van der Waals surface area contributed by atoms with Gasteiger partial charge in [0.1, 0.15) is 16.5 Å². The number of hydrogen-bond donors (Lipinski definition) is 1. The first kappa shape index (κ1) is 31.1. The number of fused-ring (bicyclic) bond motifs is 1. The Morgan fingerprint density at radius 1 is 1.00 bits per heavy atom. The van der Waals surface area contributed by atoms with E-state index in [1.807, 2.05) is 62.9 Å². The van der Waals surface area contributed by atoms with Crippen molar-refractivity contribution in [3.63, 3.8) is 0 Å². The fourth-order valence-electron chi connectivity index (χ4n) is 6.00. The molecule has 1 saturated carbocycles. The molecular formula is C32H38FN5O3S2. The lowest BCUT2D eigenvalue weighted by Crippen LogP contribution is -2.46. The van der Waals surface area contributed by atoms with Crippen molar-refractivity contribution in [1.82, 2.24) is 24.4 Å². The predicted octanol–water partition coefficient (Wildman–Crippen LogP) is 6.07. The lowest BCUT2D eigenvalue weighted by Gasteiger charge is -2.31. The summed E-state index contributed by atoms with van der Waals surface area (Å²) in [6.45, 7) is 5.99. The number of halogens is 1. The molecule has 0 radical (unpaired) electrons. The summed E-state index contributed by atoms with van der Waals surface area (Å²) in [6, 6.07) is 10.7. The van der Waals surface area contributed by atoms with E-state index in [9.17, 15) is 18.8 Å². The van der Waals surface area contributed by atoms with E-state index in [1.54, 1.807) is 15.9 Å². The SMILES string of the molecule is CC.Cc1sc(-c2ccccc2)nc1CC(=O)NC1CCC(n2c(=O)c3cc(F)cnc3n(C3CCSCC3)c2=O)CC1. The van der Waals surface area contributed by atoms with E-state index in [1.165, 1.54) is 10.6 Å². The maximum atomic E-state index is 14.2. The van der Waals surface area contributed by atoms with E-state index < -0.39 is 11.4 Å². The van der Waals surface area contributed by atoms with Crippen LogP contribution in [-0.2, 0) is 11.2 Å². The van der Waals surface area contributed by atoms with Gasteiger partial charge in [-0.2, -0.15) is 11.8 Å². The van der Waals surface area contributed by atoms with Crippen LogP contribution >= 0.6 is 23.1 Å². The van der Waals surface area contributed by atoms with Crippen LogP contribution in [-0.4, -0.2) is 42.6 Å². The van der Waals surface area contributed by atoms with Gasteiger partial charge in [0.15, 0.2) is 0 Å². The van der Waals surface area contributed by atoms with Crippen LogP contribution in [0.25, 0.3) is 21.6 Å². The highest BCUT2D eigenvalue weighted by Gasteiger charge is 2.30. The highest BCUT2D eigenvalue weighted by molar-refractivity contribution is 7.99. The molecule has 4 aromatic rings. The minimum Gasteiger partial charge on any atom is -0.353 e. The van der Waals surface area contributed by atoms with Crippen LogP contribution in [0.3, 0.4) is 0 Å². The third-order valence-corrected chi connectivity index (χ3v) is 10.3. The van der Waals surface area contributed by atoms with Gasteiger partial charge in [-0.25, -0.2) is 19.2 Å². The Balaban J connectivity index is 0.00000180. The van der Waals surface area contributed by atoms with Crippen LogP contribution in [0.4, 0.5) is 4.39 Å². The number of thiazole rings is 1. The van der Waals surface area contributed by atoms with Gasteiger partial charge in [-0.15, -0.1) is 11.3 Å². The molecule has 0 atom stereocenters. The predicted molar refractivity (Wildman–Crippen MR) is 173 cm³/mol. The lowest BCUT2D eigenvalue weighted by atomic mass is 9.90. The molecule has 2 aliphatic rings. The van der Waals surface area contributed by atoms with E-state index in [-0.39, 0.29) is 47.2 Å². The van der Waals surface area contributed by atoms with Crippen molar-refractivity contribution < 1.29 is 9.18 Å². The smallest absolute Gasteiger partial charge is 0.333 e. The first-order valence-electron chi connectivity index (χ1n) is 15.1. The Morgan fingerprint density at radius 2 is 1.67 bits per heavy atom. The Morgan fingerprint density at radius 3 is 2.37 bits per heavy atom. The molecule has 11 heteroatoms. The average molecular weight is 624 g/mol. The maximum Gasteiger partial charge on any atom is 0.333 e. The molecule has 1 aliphatic heterocycles. The summed E-state index contributed by atoms with van der Waals surface area (Å²) in [5.41, 5.74) is 1.24. The number of amides is 1. The van der Waals surface area contributed by atoms with Crippen molar-refractivity contribution in [3.05, 3.63) is 79.8 Å². The van der Waals surface area contributed by atoms with Gasteiger partial charge < -0.3 is 5.32 Å². The zero-order chi connectivity index (χ0) is 30.5. The van der Waals surface area contributed by atoms with E-state index in [2.05, 4.69) is 10.3 Å². The molecule has 2 fully saturated rings. The molecule has 8 nitrogen and oxygen atoms in total. The normalized spacial score (nSPS) is 19.1. The Hall–Kier alpha value is -3.31. The highest BCUT2D eigenvalue weighted by Crippen LogP contribution is 2.31. The van der Waals surface area contributed by atoms with E-state index in [4.69, 9.17) is 4.98 Å². The fraction of sp³-hybridized carbons (Fsp3) is 0.469. The van der Waals surface area contributed by atoms with E-state index in [0.717, 1.165) is 51.7 Å². The molecule has 228 valence electrons. The molecule has 1 aliphatic carbocycles. The van der Waals surface area contributed by atoms with Gasteiger partial charge in [0.2, 0.25) is 5.91 Å². The fourth-order valence-corrected chi connectivity index (χ4v) is 8.02. The molecule has 1 N–H and O–H groups in total. The third-order valence-electron chi connectivity index (χ3n) is 8.15. The van der Waals surface area contributed by atoms with Crippen LogP contribution in [0.2, 0.25) is 0 Å². The van der Waals surface area contributed by atoms with Crippen molar-refractivity contribution in [2.24, 2.45) is 0 Å². The zero-order valence-electron chi connectivity index (χ0n) is 24.8. The summed E-state index contributed by atoms with van der Waals surface area (Å²) in [6.07, 6.45) is 5.33. The first-order valence-corrected chi connectivity index (χ1v) is 17.1. The number of nitrogens with zero attached hydrogens (tertiary/aromatic N) is 4. The van der Waals surface area contributed by atoms with Crippen molar-refractivity contribution in [1.29, 1.82) is 0 Å². The number of benzene rings is 1. The van der Waals surface area contributed by atoms with Gasteiger partial charge in [-0.3, -0.25) is 18.7 Å². The number of pyridine rings is 1. The molecule has 0 bridgehead atoms. The molecule has 1 amide bonds. The minimum atomic E-state index is -0.594. The van der Waals surface area contributed by atoms with Gasteiger partial charge in [0.25, 0.3) is 5.56 Å². The second-order valence-electron chi connectivity index (χ2n) is 10.8. The number of nitrogens with one attached hydrogen (secondary N) is 1. The van der Waals surface area contributed by atoms with Crippen LogP contribution in [0.15, 0.2) is 52.2 Å². The third kappa shape index (κ3) is 6.77. The standard InChI is InChI=1S/C30H32FN5O3S2.C2H6/c1-18-25(34-28(41-18)19-5-3-2-4-6-19)16-26(37)33-21-7-9-22(10-8-21)36-29(38)24-15-20(31)17-32-27(24)35(30(36)39)23-11-13-40-14-12-23;1-2/h2-6,15,17,21-23H,7-14,16H2,1H3,(H,33,37);1-2H3. The Bertz CT molecular complexity index is 1690. The Labute approximate surface area is 258 Å². The van der Waals surface area contributed by atoms with Crippen LogP contribution in [0.1, 0.15) is 75.0 Å². The topological polar surface area (TPSA) is 98.9 Å². The molecule has 4 heterocycles. The molecule has 1 saturated heterocycles. The van der Waals surface area contributed by atoms with Crippen LogP contribution in [0, 0.1) is 12.7 Å². The minimum absolute atomic E-state index is 0.0425. The van der Waals surface area contributed by atoms with Crippen molar-refractivity contribution in [2.75, 3.05) is 11.5 Å². The van der Waals surface area contributed by atoms with Crippen LogP contribution < -0.4 is 16.6 Å². The first-order chi connectivity index (χ1) is 20.9. The number of aryl methyl sites for hydroxylation is 1. The molecule has 0 unspecified atom stereocenters. The number of carbonyl (C=O) groups is 1. The molecule has 6 rings (SSSR count). The van der Waals surface area contributed by atoms with Crippen LogP contribution in [0.5, 0.6) is 0 Å². The monoisotopic (exact) mass is 623 g/mol. The van der Waals surface area contributed by atoms with Gasteiger partial charge in [0, 0.05) is 28.6 Å². The number of rotatable bonds is 6. The summed E-state index contributed by atoms with van der Waals surface area (Å²) in [7, 11) is 0. The van der Waals surface area contributed by atoms with E-state index >= 15 is 0 Å². The van der Waals surface area contributed by atoms with Crippen molar-refractivity contribution >= 4 is 40.0 Å². The second-order valence-corrected chi connectivity index (χ2v) is 13.3. The highest BCUT2D eigenvalue weighted by atomic mass is 32.2. The summed E-state index contributed by atoms with van der Waals surface area (Å²) >= 11 is 3.43. The Kier molecular flexibility index (Phi) is 10.1.